The third-order valence-electron chi connectivity index (χ3n) is 2.06. The number of rotatable bonds is 6. The van der Waals surface area contributed by atoms with Gasteiger partial charge in [0.25, 0.3) is 0 Å². The maximum atomic E-state index is 9.62. The van der Waals surface area contributed by atoms with Gasteiger partial charge in [-0.1, -0.05) is 13.3 Å². The molecule has 1 aromatic rings. The minimum Gasteiger partial charge on any atom is -0.478 e. The zero-order valence-corrected chi connectivity index (χ0v) is 9.31. The van der Waals surface area contributed by atoms with Crippen LogP contribution in [0.15, 0.2) is 12.4 Å². The molecule has 0 saturated heterocycles. The van der Waals surface area contributed by atoms with E-state index in [0.717, 1.165) is 18.5 Å². The number of aliphatic hydroxyl groups excluding tert-OH is 1. The lowest BCUT2D eigenvalue weighted by atomic mass is 10.1. The topological polar surface area (TPSA) is 55.2 Å². The Balaban J connectivity index is 2.56. The number of ether oxygens (including phenoxy) is 1. The summed E-state index contributed by atoms with van der Waals surface area (Å²) < 4.78 is 5.26. The second kappa shape index (κ2) is 6.35. The molecule has 0 fully saturated rings. The number of hydrogen-bond donors (Lipinski definition) is 1. The van der Waals surface area contributed by atoms with Gasteiger partial charge < -0.3 is 9.84 Å². The Bertz CT molecular complexity index is 292. The van der Waals surface area contributed by atoms with Gasteiger partial charge >= 0.3 is 0 Å². The van der Waals surface area contributed by atoms with Gasteiger partial charge in [-0.2, -0.15) is 0 Å². The standard InChI is InChI=1S/C11H18N2O2/c1-3-5-10(14)6-9-7-11(15-4-2)13-8-12-9/h7-8,10,14H,3-6H2,1-2H3. The first-order chi connectivity index (χ1) is 7.26. The molecule has 0 aliphatic carbocycles. The van der Waals surface area contributed by atoms with E-state index in [0.29, 0.717) is 18.9 Å². The molecular weight excluding hydrogens is 192 g/mol. The molecule has 0 radical (unpaired) electrons. The third kappa shape index (κ3) is 4.25. The summed E-state index contributed by atoms with van der Waals surface area (Å²) >= 11 is 0. The van der Waals surface area contributed by atoms with Crippen LogP contribution in [0.25, 0.3) is 0 Å². The molecule has 4 nitrogen and oxygen atoms in total. The van der Waals surface area contributed by atoms with E-state index in [1.807, 2.05) is 6.92 Å². The molecule has 0 aromatic carbocycles. The highest BCUT2D eigenvalue weighted by atomic mass is 16.5. The molecule has 84 valence electrons. The highest BCUT2D eigenvalue weighted by Crippen LogP contribution is 2.10. The van der Waals surface area contributed by atoms with Crippen molar-refractivity contribution in [3.63, 3.8) is 0 Å². The normalized spacial score (nSPS) is 12.5. The molecule has 4 heteroatoms. The summed E-state index contributed by atoms with van der Waals surface area (Å²) in [5.41, 5.74) is 0.828. The number of aliphatic hydroxyl groups is 1. The van der Waals surface area contributed by atoms with Crippen LogP contribution in [0.3, 0.4) is 0 Å². The third-order valence-corrected chi connectivity index (χ3v) is 2.06. The Morgan fingerprint density at radius 3 is 2.87 bits per heavy atom. The summed E-state index contributed by atoms with van der Waals surface area (Å²) in [6.45, 7) is 4.55. The fourth-order valence-electron chi connectivity index (χ4n) is 1.39. The van der Waals surface area contributed by atoms with Gasteiger partial charge in [0.2, 0.25) is 5.88 Å². The first kappa shape index (κ1) is 11.9. The molecule has 1 heterocycles. The van der Waals surface area contributed by atoms with E-state index >= 15 is 0 Å². The second-order valence-corrected chi connectivity index (χ2v) is 3.43. The number of aromatic nitrogens is 2. The van der Waals surface area contributed by atoms with Crippen LogP contribution in [0.4, 0.5) is 0 Å². The quantitative estimate of drug-likeness (QED) is 0.774. The maximum Gasteiger partial charge on any atom is 0.216 e. The lowest BCUT2D eigenvalue weighted by molar-refractivity contribution is 0.162. The minimum absolute atomic E-state index is 0.320. The summed E-state index contributed by atoms with van der Waals surface area (Å²) in [6.07, 6.45) is 3.49. The lowest BCUT2D eigenvalue weighted by Gasteiger charge is -2.09. The Labute approximate surface area is 90.3 Å². The molecule has 0 spiro atoms. The van der Waals surface area contributed by atoms with Gasteiger partial charge in [-0.15, -0.1) is 0 Å². The molecule has 0 aliphatic heterocycles. The van der Waals surface area contributed by atoms with Crippen LogP contribution in [-0.4, -0.2) is 27.8 Å². The average molecular weight is 210 g/mol. The zero-order valence-electron chi connectivity index (χ0n) is 9.31. The molecule has 1 N–H and O–H groups in total. The van der Waals surface area contributed by atoms with E-state index in [9.17, 15) is 5.11 Å². The van der Waals surface area contributed by atoms with Crippen LogP contribution < -0.4 is 4.74 Å². The molecular formula is C11H18N2O2. The van der Waals surface area contributed by atoms with Crippen molar-refractivity contribution in [3.8, 4) is 5.88 Å². The summed E-state index contributed by atoms with van der Waals surface area (Å²) in [4.78, 5) is 8.06. The van der Waals surface area contributed by atoms with Gasteiger partial charge in [0.05, 0.1) is 18.4 Å². The molecule has 0 bridgehead atoms. The molecule has 1 unspecified atom stereocenters. The first-order valence-electron chi connectivity index (χ1n) is 5.38. The van der Waals surface area contributed by atoms with Crippen LogP contribution in [0.1, 0.15) is 32.4 Å². The first-order valence-corrected chi connectivity index (χ1v) is 5.38. The van der Waals surface area contributed by atoms with Crippen LogP contribution >= 0.6 is 0 Å². The summed E-state index contributed by atoms with van der Waals surface area (Å²) in [5.74, 6) is 0.575. The van der Waals surface area contributed by atoms with E-state index in [4.69, 9.17) is 4.74 Å². The van der Waals surface area contributed by atoms with Gasteiger partial charge in [0.15, 0.2) is 0 Å². The lowest BCUT2D eigenvalue weighted by Crippen LogP contribution is -2.11. The molecule has 1 atom stereocenters. The van der Waals surface area contributed by atoms with Crippen molar-refractivity contribution in [3.05, 3.63) is 18.1 Å². The van der Waals surface area contributed by atoms with E-state index < -0.39 is 0 Å². The highest BCUT2D eigenvalue weighted by Gasteiger charge is 2.06. The largest absolute Gasteiger partial charge is 0.478 e. The second-order valence-electron chi connectivity index (χ2n) is 3.43. The fourth-order valence-corrected chi connectivity index (χ4v) is 1.39. The zero-order chi connectivity index (χ0) is 11.1. The minimum atomic E-state index is -0.320. The van der Waals surface area contributed by atoms with Crippen LogP contribution in [-0.2, 0) is 6.42 Å². The van der Waals surface area contributed by atoms with E-state index in [-0.39, 0.29) is 6.10 Å². The van der Waals surface area contributed by atoms with Crippen molar-refractivity contribution < 1.29 is 9.84 Å². The van der Waals surface area contributed by atoms with Gasteiger partial charge in [-0.3, -0.25) is 0 Å². The van der Waals surface area contributed by atoms with Crippen molar-refractivity contribution in [1.82, 2.24) is 9.97 Å². The molecule has 15 heavy (non-hydrogen) atoms. The molecule has 0 saturated carbocycles. The Morgan fingerprint density at radius 2 is 2.20 bits per heavy atom. The molecule has 0 aliphatic rings. The average Bonchev–Trinajstić information content (AvgIpc) is 2.19. The molecule has 0 amide bonds. The van der Waals surface area contributed by atoms with Gasteiger partial charge in [0.1, 0.15) is 6.33 Å². The Morgan fingerprint density at radius 1 is 1.40 bits per heavy atom. The van der Waals surface area contributed by atoms with Crippen molar-refractivity contribution in [2.75, 3.05) is 6.61 Å². The van der Waals surface area contributed by atoms with Gasteiger partial charge in [-0.25, -0.2) is 9.97 Å². The van der Waals surface area contributed by atoms with Crippen molar-refractivity contribution in [1.29, 1.82) is 0 Å². The maximum absolute atomic E-state index is 9.62. The summed E-state index contributed by atoms with van der Waals surface area (Å²) in [6, 6.07) is 1.78. The van der Waals surface area contributed by atoms with Crippen LogP contribution in [0, 0.1) is 0 Å². The van der Waals surface area contributed by atoms with Crippen molar-refractivity contribution in [2.45, 2.75) is 39.2 Å². The Hall–Kier alpha value is -1.16. The van der Waals surface area contributed by atoms with E-state index in [1.54, 1.807) is 6.07 Å². The van der Waals surface area contributed by atoms with Gasteiger partial charge in [0, 0.05) is 12.5 Å². The fraction of sp³-hybridized carbons (Fsp3) is 0.636. The van der Waals surface area contributed by atoms with Gasteiger partial charge in [-0.05, 0) is 13.3 Å². The predicted octanol–water partition coefficient (Wildman–Crippen LogP) is 1.58. The smallest absolute Gasteiger partial charge is 0.216 e. The van der Waals surface area contributed by atoms with Crippen LogP contribution in [0.2, 0.25) is 0 Å². The summed E-state index contributed by atoms with van der Waals surface area (Å²) in [5, 5.41) is 9.62. The van der Waals surface area contributed by atoms with Crippen molar-refractivity contribution >= 4 is 0 Å². The number of nitrogens with zero attached hydrogens (tertiary/aromatic N) is 2. The highest BCUT2D eigenvalue weighted by molar-refractivity contribution is 5.14. The van der Waals surface area contributed by atoms with E-state index in [2.05, 4.69) is 16.9 Å². The Kier molecular flexibility index (Phi) is 5.04. The number of hydrogen-bond acceptors (Lipinski definition) is 4. The SMILES string of the molecule is CCCC(O)Cc1cc(OCC)ncn1. The monoisotopic (exact) mass is 210 g/mol. The van der Waals surface area contributed by atoms with Crippen molar-refractivity contribution in [2.24, 2.45) is 0 Å². The van der Waals surface area contributed by atoms with E-state index in [1.165, 1.54) is 6.33 Å². The molecule has 1 aromatic heterocycles. The predicted molar refractivity (Wildman–Crippen MR) is 57.8 cm³/mol. The summed E-state index contributed by atoms with van der Waals surface area (Å²) in [7, 11) is 0. The van der Waals surface area contributed by atoms with Crippen LogP contribution in [0.5, 0.6) is 5.88 Å². The molecule has 1 rings (SSSR count).